The van der Waals surface area contributed by atoms with Crippen molar-refractivity contribution in [3.05, 3.63) is 29.8 Å². The van der Waals surface area contributed by atoms with Gasteiger partial charge in [0, 0.05) is 31.9 Å². The molecule has 1 heterocycles. The first kappa shape index (κ1) is 18.3. The largest absolute Gasteiger partial charge is 0.381 e. The first-order valence-corrected chi connectivity index (χ1v) is 8.57. The molecule has 1 unspecified atom stereocenters. The molecule has 1 atom stereocenters. The highest BCUT2D eigenvalue weighted by Gasteiger charge is 2.24. The molecule has 1 aliphatic heterocycles. The van der Waals surface area contributed by atoms with Gasteiger partial charge in [-0.05, 0) is 30.4 Å². The molecule has 1 aromatic carbocycles. The number of nitrogens with one attached hydrogen (secondary N) is 3. The van der Waals surface area contributed by atoms with Crippen LogP contribution in [0.2, 0.25) is 0 Å². The van der Waals surface area contributed by atoms with Crippen molar-refractivity contribution >= 4 is 17.6 Å². The van der Waals surface area contributed by atoms with Crippen molar-refractivity contribution in [1.29, 1.82) is 0 Å². The summed E-state index contributed by atoms with van der Waals surface area (Å²) in [5.41, 5.74) is 1.68. The maximum atomic E-state index is 12.0. The second-order valence-electron chi connectivity index (χ2n) is 6.45. The van der Waals surface area contributed by atoms with Crippen LogP contribution in [0.3, 0.4) is 0 Å². The Morgan fingerprint density at radius 2 is 2.17 bits per heavy atom. The molecule has 0 spiro atoms. The molecule has 24 heavy (non-hydrogen) atoms. The SMILES string of the molecule is CC(C)COCCCNC(=O)Nc1ccccc1C1CCC(=O)N1. The molecule has 1 aromatic rings. The lowest BCUT2D eigenvalue weighted by atomic mass is 10.0. The zero-order valence-corrected chi connectivity index (χ0v) is 14.4. The lowest BCUT2D eigenvalue weighted by molar-refractivity contribution is -0.119. The third-order valence-corrected chi connectivity index (χ3v) is 3.78. The molecule has 6 heteroatoms. The van der Waals surface area contributed by atoms with Gasteiger partial charge in [0.25, 0.3) is 0 Å². The van der Waals surface area contributed by atoms with Gasteiger partial charge >= 0.3 is 6.03 Å². The first-order chi connectivity index (χ1) is 11.6. The average Bonchev–Trinajstić information content (AvgIpc) is 2.97. The molecule has 0 aliphatic carbocycles. The Labute approximate surface area is 143 Å². The number of hydrogen-bond donors (Lipinski definition) is 3. The van der Waals surface area contributed by atoms with E-state index in [-0.39, 0.29) is 18.0 Å². The number of ether oxygens (including phenoxy) is 1. The maximum absolute atomic E-state index is 12.0. The summed E-state index contributed by atoms with van der Waals surface area (Å²) < 4.78 is 5.48. The van der Waals surface area contributed by atoms with Crippen molar-refractivity contribution in [1.82, 2.24) is 10.6 Å². The van der Waals surface area contributed by atoms with Crippen LogP contribution in [-0.2, 0) is 9.53 Å². The van der Waals surface area contributed by atoms with Gasteiger partial charge in [-0.2, -0.15) is 0 Å². The van der Waals surface area contributed by atoms with E-state index in [9.17, 15) is 9.59 Å². The molecular formula is C18H27N3O3. The van der Waals surface area contributed by atoms with E-state index in [0.29, 0.717) is 25.5 Å². The minimum Gasteiger partial charge on any atom is -0.381 e. The highest BCUT2D eigenvalue weighted by Crippen LogP contribution is 2.29. The Morgan fingerprint density at radius 3 is 2.88 bits per heavy atom. The van der Waals surface area contributed by atoms with Crippen molar-refractivity contribution in [3.63, 3.8) is 0 Å². The number of para-hydroxylation sites is 1. The van der Waals surface area contributed by atoms with Crippen LogP contribution in [0.15, 0.2) is 24.3 Å². The summed E-state index contributed by atoms with van der Waals surface area (Å²) in [6.07, 6.45) is 2.06. The van der Waals surface area contributed by atoms with Crippen molar-refractivity contribution < 1.29 is 14.3 Å². The Balaban J connectivity index is 1.76. The molecule has 3 amide bonds. The van der Waals surface area contributed by atoms with Gasteiger partial charge in [-0.3, -0.25) is 4.79 Å². The number of hydrogen-bond acceptors (Lipinski definition) is 3. The summed E-state index contributed by atoms with van der Waals surface area (Å²) in [4.78, 5) is 23.4. The van der Waals surface area contributed by atoms with Gasteiger partial charge in [0.05, 0.1) is 6.04 Å². The maximum Gasteiger partial charge on any atom is 0.319 e. The molecular weight excluding hydrogens is 306 g/mol. The fourth-order valence-electron chi connectivity index (χ4n) is 2.62. The number of carbonyl (C=O) groups is 2. The van der Waals surface area contributed by atoms with Gasteiger partial charge in [-0.15, -0.1) is 0 Å². The predicted molar refractivity (Wildman–Crippen MR) is 93.9 cm³/mol. The summed E-state index contributed by atoms with van der Waals surface area (Å²) in [7, 11) is 0. The molecule has 0 bridgehead atoms. The molecule has 0 radical (unpaired) electrons. The average molecular weight is 333 g/mol. The number of anilines is 1. The minimum absolute atomic E-state index is 0.0292. The standard InChI is InChI=1S/C18H27N3O3/c1-13(2)12-24-11-5-10-19-18(23)21-15-7-4-3-6-14(15)16-8-9-17(22)20-16/h3-4,6-7,13,16H,5,8-12H2,1-2H3,(H,20,22)(H2,19,21,23). The van der Waals surface area contributed by atoms with E-state index in [1.54, 1.807) is 0 Å². The van der Waals surface area contributed by atoms with E-state index in [1.807, 2.05) is 24.3 Å². The van der Waals surface area contributed by atoms with Crippen molar-refractivity contribution in [2.45, 2.75) is 39.2 Å². The Bertz CT molecular complexity index is 560. The van der Waals surface area contributed by atoms with Crippen LogP contribution in [0, 0.1) is 5.92 Å². The minimum atomic E-state index is -0.240. The monoisotopic (exact) mass is 333 g/mol. The van der Waals surface area contributed by atoms with Crippen LogP contribution in [-0.4, -0.2) is 31.7 Å². The van der Waals surface area contributed by atoms with Crippen LogP contribution in [0.4, 0.5) is 10.5 Å². The number of carbonyl (C=O) groups excluding carboxylic acids is 2. The highest BCUT2D eigenvalue weighted by atomic mass is 16.5. The molecule has 2 rings (SSSR count). The topological polar surface area (TPSA) is 79.5 Å². The summed E-state index contributed by atoms with van der Waals surface area (Å²) >= 11 is 0. The molecule has 3 N–H and O–H groups in total. The third kappa shape index (κ3) is 5.85. The molecule has 1 fully saturated rings. The quantitative estimate of drug-likeness (QED) is 0.640. The van der Waals surface area contributed by atoms with Crippen molar-refractivity contribution in [2.24, 2.45) is 5.92 Å². The number of urea groups is 1. The fourth-order valence-corrected chi connectivity index (χ4v) is 2.62. The zero-order valence-electron chi connectivity index (χ0n) is 14.4. The first-order valence-electron chi connectivity index (χ1n) is 8.57. The number of amides is 3. The highest BCUT2D eigenvalue weighted by molar-refractivity contribution is 5.90. The smallest absolute Gasteiger partial charge is 0.319 e. The summed E-state index contributed by atoms with van der Waals surface area (Å²) in [6, 6.07) is 7.30. The molecule has 132 valence electrons. The summed E-state index contributed by atoms with van der Waals surface area (Å²) in [5, 5.41) is 8.63. The molecule has 1 aliphatic rings. The van der Waals surface area contributed by atoms with E-state index >= 15 is 0 Å². The molecule has 1 saturated heterocycles. The van der Waals surface area contributed by atoms with Crippen molar-refractivity contribution in [2.75, 3.05) is 25.1 Å². The third-order valence-electron chi connectivity index (χ3n) is 3.78. The predicted octanol–water partition coefficient (Wildman–Crippen LogP) is 2.82. The lowest BCUT2D eigenvalue weighted by Gasteiger charge is -2.16. The molecule has 0 saturated carbocycles. The van der Waals surface area contributed by atoms with Gasteiger partial charge in [0.2, 0.25) is 5.91 Å². The van der Waals surface area contributed by atoms with Gasteiger partial charge < -0.3 is 20.7 Å². The Morgan fingerprint density at radius 1 is 1.38 bits per heavy atom. The van der Waals surface area contributed by atoms with Gasteiger partial charge in [0.1, 0.15) is 0 Å². The van der Waals surface area contributed by atoms with Crippen molar-refractivity contribution in [3.8, 4) is 0 Å². The van der Waals surface area contributed by atoms with E-state index in [2.05, 4.69) is 29.8 Å². The van der Waals surface area contributed by atoms with E-state index in [1.165, 1.54) is 0 Å². The van der Waals surface area contributed by atoms with E-state index in [0.717, 1.165) is 30.7 Å². The molecule has 0 aromatic heterocycles. The fraction of sp³-hybridized carbons (Fsp3) is 0.556. The van der Waals surface area contributed by atoms with Gasteiger partial charge in [-0.25, -0.2) is 4.79 Å². The second kappa shape index (κ2) is 9.27. The van der Waals surface area contributed by atoms with Gasteiger partial charge in [-0.1, -0.05) is 32.0 Å². The van der Waals surface area contributed by atoms with E-state index < -0.39 is 0 Å². The molecule has 6 nitrogen and oxygen atoms in total. The van der Waals surface area contributed by atoms with Crippen LogP contribution >= 0.6 is 0 Å². The van der Waals surface area contributed by atoms with Gasteiger partial charge in [0.15, 0.2) is 0 Å². The number of rotatable bonds is 8. The van der Waals surface area contributed by atoms with Crippen LogP contribution in [0.1, 0.15) is 44.7 Å². The van der Waals surface area contributed by atoms with Crippen LogP contribution in [0.5, 0.6) is 0 Å². The Hall–Kier alpha value is -2.08. The normalized spacial score (nSPS) is 17.0. The van der Waals surface area contributed by atoms with Crippen LogP contribution < -0.4 is 16.0 Å². The zero-order chi connectivity index (χ0) is 17.4. The summed E-state index contributed by atoms with van der Waals surface area (Å²) in [6.45, 7) is 6.16. The number of benzene rings is 1. The lowest BCUT2D eigenvalue weighted by Crippen LogP contribution is -2.31. The second-order valence-corrected chi connectivity index (χ2v) is 6.45. The summed E-state index contributed by atoms with van der Waals surface area (Å²) in [5.74, 6) is 0.578. The van der Waals surface area contributed by atoms with Crippen LogP contribution in [0.25, 0.3) is 0 Å². The van der Waals surface area contributed by atoms with E-state index in [4.69, 9.17) is 4.74 Å². The Kier molecular flexibility index (Phi) is 7.06.